The molecule has 3 nitrogen and oxygen atoms in total. The van der Waals surface area contributed by atoms with Crippen molar-refractivity contribution in [2.45, 2.75) is 13.3 Å². The smallest absolute Gasteiger partial charge is 0.253 e. The summed E-state index contributed by atoms with van der Waals surface area (Å²) in [6, 6.07) is 5.49. The number of hydrazone groups is 1. The van der Waals surface area contributed by atoms with Crippen LogP contribution in [0.2, 0.25) is 5.02 Å². The number of nitrogens with zero attached hydrogens (tertiary/aromatic N) is 2. The lowest BCUT2D eigenvalue weighted by atomic mass is 10.2. The number of allylic oxidation sites excluding steroid dienone is 1. The molecule has 4 heteroatoms. The van der Waals surface area contributed by atoms with E-state index in [0.717, 1.165) is 5.56 Å². The average Bonchev–Trinajstić information content (AvgIpc) is 2.60. The molecule has 0 saturated heterocycles. The fourth-order valence-electron chi connectivity index (χ4n) is 1.63. The van der Waals surface area contributed by atoms with Crippen molar-refractivity contribution in [3.63, 3.8) is 0 Å². The van der Waals surface area contributed by atoms with Crippen LogP contribution in [0.15, 0.2) is 36.0 Å². The molecule has 1 aliphatic heterocycles. The summed E-state index contributed by atoms with van der Waals surface area (Å²) in [6.07, 6.45) is 1.87. The van der Waals surface area contributed by atoms with Crippen LogP contribution in [-0.2, 0) is 4.79 Å². The first-order valence-electron chi connectivity index (χ1n) is 4.91. The Balaban J connectivity index is 2.49. The number of halogens is 1. The second kappa shape index (κ2) is 4.10. The third-order valence-corrected chi connectivity index (χ3v) is 2.74. The van der Waals surface area contributed by atoms with Gasteiger partial charge in [-0.2, -0.15) is 10.1 Å². The number of anilines is 1. The van der Waals surface area contributed by atoms with E-state index in [1.54, 1.807) is 12.1 Å². The predicted octanol–water partition coefficient (Wildman–Crippen LogP) is 2.93. The van der Waals surface area contributed by atoms with Crippen LogP contribution in [0.5, 0.6) is 0 Å². The predicted molar refractivity (Wildman–Crippen MR) is 65.9 cm³/mol. The van der Waals surface area contributed by atoms with Crippen molar-refractivity contribution >= 4 is 28.9 Å². The Morgan fingerprint density at radius 1 is 1.56 bits per heavy atom. The zero-order valence-electron chi connectivity index (χ0n) is 8.90. The van der Waals surface area contributed by atoms with Gasteiger partial charge in [0.1, 0.15) is 0 Å². The standard InChI is InChI=1S/C12H11ClN2O/c1-3-9-7-11(16)15(14-9)12-8(2)5-4-6-10(12)13/h3-6H,1,7H2,2H3. The highest BCUT2D eigenvalue weighted by molar-refractivity contribution is 6.34. The van der Waals surface area contributed by atoms with Gasteiger partial charge in [0.15, 0.2) is 0 Å². The molecule has 0 aliphatic carbocycles. The minimum Gasteiger partial charge on any atom is -0.272 e. The molecule has 0 fully saturated rings. The van der Waals surface area contributed by atoms with Crippen LogP contribution in [0.3, 0.4) is 0 Å². The lowest BCUT2D eigenvalue weighted by Crippen LogP contribution is -2.20. The van der Waals surface area contributed by atoms with Gasteiger partial charge in [-0.05, 0) is 24.6 Å². The van der Waals surface area contributed by atoms with Crippen LogP contribution in [0.25, 0.3) is 0 Å². The van der Waals surface area contributed by atoms with E-state index < -0.39 is 0 Å². The molecule has 0 atom stereocenters. The highest BCUT2D eigenvalue weighted by Crippen LogP contribution is 2.32. The van der Waals surface area contributed by atoms with Gasteiger partial charge in [0, 0.05) is 0 Å². The maximum Gasteiger partial charge on any atom is 0.253 e. The van der Waals surface area contributed by atoms with E-state index >= 15 is 0 Å². The van der Waals surface area contributed by atoms with Crippen molar-refractivity contribution in [1.82, 2.24) is 0 Å². The molecule has 0 N–H and O–H groups in total. The maximum absolute atomic E-state index is 11.8. The van der Waals surface area contributed by atoms with Crippen LogP contribution in [0, 0.1) is 6.92 Å². The summed E-state index contributed by atoms with van der Waals surface area (Å²) in [5.74, 6) is -0.0777. The Labute approximate surface area is 99.0 Å². The molecule has 1 aromatic rings. The van der Waals surface area contributed by atoms with E-state index in [4.69, 9.17) is 11.6 Å². The minimum atomic E-state index is -0.0777. The molecule has 82 valence electrons. The fourth-order valence-corrected chi connectivity index (χ4v) is 1.93. The van der Waals surface area contributed by atoms with E-state index in [1.807, 2.05) is 19.1 Å². The van der Waals surface area contributed by atoms with Crippen LogP contribution in [0.1, 0.15) is 12.0 Å². The molecule has 16 heavy (non-hydrogen) atoms. The zero-order valence-corrected chi connectivity index (χ0v) is 9.66. The van der Waals surface area contributed by atoms with Crippen molar-refractivity contribution in [1.29, 1.82) is 0 Å². The molecule has 0 radical (unpaired) electrons. The van der Waals surface area contributed by atoms with Crippen molar-refractivity contribution < 1.29 is 4.79 Å². The Kier molecular flexibility index (Phi) is 2.79. The molecule has 0 saturated carbocycles. The molecular weight excluding hydrogens is 224 g/mol. The van der Waals surface area contributed by atoms with Gasteiger partial charge in [-0.15, -0.1) is 0 Å². The van der Waals surface area contributed by atoms with Gasteiger partial charge in [0.25, 0.3) is 5.91 Å². The van der Waals surface area contributed by atoms with E-state index in [1.165, 1.54) is 5.01 Å². The maximum atomic E-state index is 11.8. The van der Waals surface area contributed by atoms with Crippen LogP contribution in [-0.4, -0.2) is 11.6 Å². The summed E-state index contributed by atoms with van der Waals surface area (Å²) in [5.41, 5.74) is 2.25. The fraction of sp³-hybridized carbons (Fsp3) is 0.167. The highest BCUT2D eigenvalue weighted by Gasteiger charge is 2.26. The molecule has 2 rings (SSSR count). The Bertz CT molecular complexity index is 474. The molecule has 0 unspecified atom stereocenters. The monoisotopic (exact) mass is 234 g/mol. The topological polar surface area (TPSA) is 32.7 Å². The molecule has 0 aromatic heterocycles. The molecular formula is C12H11ClN2O. The zero-order chi connectivity index (χ0) is 11.7. The molecule has 0 spiro atoms. The number of hydrogen-bond donors (Lipinski definition) is 0. The Morgan fingerprint density at radius 2 is 2.31 bits per heavy atom. The number of aryl methyl sites for hydroxylation is 1. The Morgan fingerprint density at radius 3 is 2.88 bits per heavy atom. The van der Waals surface area contributed by atoms with Gasteiger partial charge in [0.2, 0.25) is 0 Å². The number of benzene rings is 1. The van der Waals surface area contributed by atoms with Crippen LogP contribution >= 0.6 is 11.6 Å². The first-order chi connectivity index (χ1) is 7.63. The summed E-state index contributed by atoms with van der Waals surface area (Å²) in [6.45, 7) is 5.51. The van der Waals surface area contributed by atoms with Crippen molar-refractivity contribution in [2.75, 3.05) is 5.01 Å². The summed E-state index contributed by atoms with van der Waals surface area (Å²) < 4.78 is 0. The van der Waals surface area contributed by atoms with Crippen molar-refractivity contribution in [2.24, 2.45) is 5.10 Å². The van der Waals surface area contributed by atoms with E-state index in [0.29, 0.717) is 16.4 Å². The van der Waals surface area contributed by atoms with Gasteiger partial charge in [-0.25, -0.2) is 0 Å². The van der Waals surface area contributed by atoms with Crippen LogP contribution in [0.4, 0.5) is 5.69 Å². The molecule has 1 aliphatic rings. The largest absolute Gasteiger partial charge is 0.272 e. The summed E-state index contributed by atoms with van der Waals surface area (Å²) >= 11 is 6.08. The highest BCUT2D eigenvalue weighted by atomic mass is 35.5. The van der Waals surface area contributed by atoms with Gasteiger partial charge in [0.05, 0.1) is 22.8 Å². The van der Waals surface area contributed by atoms with Gasteiger partial charge >= 0.3 is 0 Å². The summed E-state index contributed by atoms with van der Waals surface area (Å²) in [7, 11) is 0. The molecule has 1 heterocycles. The number of amides is 1. The van der Waals surface area contributed by atoms with E-state index in [-0.39, 0.29) is 12.3 Å². The third kappa shape index (κ3) is 1.74. The second-order valence-electron chi connectivity index (χ2n) is 3.58. The molecule has 1 amide bonds. The SMILES string of the molecule is C=CC1=NN(c2c(C)cccc2Cl)C(=O)C1. The first kappa shape index (κ1) is 10.9. The lowest BCUT2D eigenvalue weighted by Gasteiger charge is -2.15. The number of carbonyl (C=O) groups is 1. The number of carbonyl (C=O) groups excluding carboxylic acids is 1. The number of hydrogen-bond acceptors (Lipinski definition) is 2. The van der Waals surface area contributed by atoms with Gasteiger partial charge in [-0.3, -0.25) is 4.79 Å². The van der Waals surface area contributed by atoms with Crippen LogP contribution < -0.4 is 5.01 Å². The van der Waals surface area contributed by atoms with Crippen molar-refractivity contribution in [3.8, 4) is 0 Å². The first-order valence-corrected chi connectivity index (χ1v) is 5.29. The normalized spacial score (nSPS) is 15.2. The van der Waals surface area contributed by atoms with Crippen molar-refractivity contribution in [3.05, 3.63) is 41.4 Å². The molecule has 1 aromatic carbocycles. The third-order valence-electron chi connectivity index (χ3n) is 2.43. The minimum absolute atomic E-state index is 0.0777. The second-order valence-corrected chi connectivity index (χ2v) is 3.99. The van der Waals surface area contributed by atoms with Gasteiger partial charge < -0.3 is 0 Å². The van der Waals surface area contributed by atoms with E-state index in [9.17, 15) is 4.79 Å². The number of para-hydroxylation sites is 1. The average molecular weight is 235 g/mol. The summed E-state index contributed by atoms with van der Waals surface area (Å²) in [4.78, 5) is 11.8. The molecule has 0 bridgehead atoms. The quantitative estimate of drug-likeness (QED) is 0.775. The Hall–Kier alpha value is -1.61. The lowest BCUT2D eigenvalue weighted by molar-refractivity contribution is -0.116. The summed E-state index contributed by atoms with van der Waals surface area (Å²) in [5, 5.41) is 6.06. The van der Waals surface area contributed by atoms with Gasteiger partial charge in [-0.1, -0.05) is 30.3 Å². The number of rotatable bonds is 2. The van der Waals surface area contributed by atoms with E-state index in [2.05, 4.69) is 11.7 Å².